The molecule has 9 heteroatoms. The Hall–Kier alpha value is -2.91. The summed E-state index contributed by atoms with van der Waals surface area (Å²) in [5.41, 5.74) is 2.86. The minimum absolute atomic E-state index is 0.0821. The van der Waals surface area contributed by atoms with Gasteiger partial charge < -0.3 is 10.2 Å². The fourth-order valence-electron chi connectivity index (χ4n) is 4.85. The average molecular weight is 472 g/mol. The highest BCUT2D eigenvalue weighted by molar-refractivity contribution is 5.93. The molecule has 0 saturated carbocycles. The molecule has 0 bridgehead atoms. The van der Waals surface area contributed by atoms with E-state index in [0.717, 1.165) is 49.1 Å². The molecule has 1 aromatic carbocycles. The highest BCUT2D eigenvalue weighted by Crippen LogP contribution is 2.29. The van der Waals surface area contributed by atoms with Gasteiger partial charge >= 0.3 is 6.18 Å². The molecule has 4 heterocycles. The lowest BCUT2D eigenvalue weighted by Crippen LogP contribution is -2.48. The van der Waals surface area contributed by atoms with E-state index < -0.39 is 11.7 Å². The Morgan fingerprint density at radius 1 is 1.00 bits per heavy atom. The van der Waals surface area contributed by atoms with Crippen LogP contribution in [0.25, 0.3) is 5.52 Å². The predicted molar refractivity (Wildman–Crippen MR) is 123 cm³/mol. The summed E-state index contributed by atoms with van der Waals surface area (Å²) < 4.78 is 40.0. The van der Waals surface area contributed by atoms with Gasteiger partial charge in [-0.1, -0.05) is 12.1 Å². The van der Waals surface area contributed by atoms with E-state index in [1.165, 1.54) is 17.7 Å². The van der Waals surface area contributed by atoms with Crippen molar-refractivity contribution in [2.75, 3.05) is 39.3 Å². The molecule has 180 valence electrons. The molecule has 0 atom stereocenters. The first-order chi connectivity index (χ1) is 16.4. The third kappa shape index (κ3) is 4.95. The molecule has 0 unspecified atom stereocenters. The molecule has 2 saturated heterocycles. The van der Waals surface area contributed by atoms with E-state index in [2.05, 4.69) is 27.4 Å². The second-order valence-corrected chi connectivity index (χ2v) is 9.15. The van der Waals surface area contributed by atoms with Gasteiger partial charge in [-0.05, 0) is 73.3 Å². The number of hydrogen-bond acceptors (Lipinski definition) is 4. The van der Waals surface area contributed by atoms with Crippen LogP contribution in [0.2, 0.25) is 0 Å². The molecule has 2 aliphatic heterocycles. The molecule has 2 aromatic heterocycles. The average Bonchev–Trinajstić information content (AvgIpc) is 3.28. The lowest BCUT2D eigenvalue weighted by molar-refractivity contribution is -0.137. The van der Waals surface area contributed by atoms with Gasteiger partial charge in [0.15, 0.2) is 5.69 Å². The highest BCUT2D eigenvalue weighted by Gasteiger charge is 2.30. The van der Waals surface area contributed by atoms with Crippen LogP contribution in [-0.4, -0.2) is 64.6 Å². The Labute approximate surface area is 196 Å². The molecule has 0 aliphatic carbocycles. The van der Waals surface area contributed by atoms with Crippen LogP contribution >= 0.6 is 0 Å². The van der Waals surface area contributed by atoms with E-state index in [-0.39, 0.29) is 5.91 Å². The molecule has 3 aromatic rings. The largest absolute Gasteiger partial charge is 0.416 e. The topological polar surface area (TPSA) is 52.9 Å². The number of benzene rings is 1. The summed E-state index contributed by atoms with van der Waals surface area (Å²) in [5.74, 6) is 0.458. The number of hydrogen-bond donors (Lipinski definition) is 1. The fourth-order valence-corrected chi connectivity index (χ4v) is 4.85. The number of nitrogens with zero attached hydrogens (tertiary/aromatic N) is 4. The van der Waals surface area contributed by atoms with E-state index in [1.807, 2.05) is 12.3 Å². The second-order valence-electron chi connectivity index (χ2n) is 9.15. The van der Waals surface area contributed by atoms with Crippen molar-refractivity contribution in [3.05, 3.63) is 71.0 Å². The van der Waals surface area contributed by atoms with E-state index in [0.29, 0.717) is 44.3 Å². The van der Waals surface area contributed by atoms with Crippen LogP contribution in [0.4, 0.5) is 13.2 Å². The molecular formula is C25H28F3N5O. The number of alkyl halides is 3. The third-order valence-corrected chi connectivity index (χ3v) is 6.86. The summed E-state index contributed by atoms with van der Waals surface area (Å²) in [5, 5.41) is 7.89. The first-order valence-corrected chi connectivity index (χ1v) is 11.7. The van der Waals surface area contributed by atoms with Crippen molar-refractivity contribution < 1.29 is 18.0 Å². The van der Waals surface area contributed by atoms with Crippen LogP contribution in [0, 0.1) is 0 Å². The molecule has 2 fully saturated rings. The van der Waals surface area contributed by atoms with Gasteiger partial charge in [-0.25, -0.2) is 4.52 Å². The van der Waals surface area contributed by atoms with Crippen LogP contribution in [-0.2, 0) is 12.7 Å². The zero-order valence-electron chi connectivity index (χ0n) is 18.9. The zero-order valence-corrected chi connectivity index (χ0v) is 18.9. The molecular weight excluding hydrogens is 443 g/mol. The quantitative estimate of drug-likeness (QED) is 0.630. The van der Waals surface area contributed by atoms with E-state index in [1.54, 1.807) is 9.42 Å². The van der Waals surface area contributed by atoms with Gasteiger partial charge in [-0.3, -0.25) is 9.69 Å². The number of carbonyl (C=O) groups is 1. The molecule has 1 N–H and O–H groups in total. The van der Waals surface area contributed by atoms with Gasteiger partial charge in [-0.2, -0.15) is 18.3 Å². The predicted octanol–water partition coefficient (Wildman–Crippen LogP) is 3.78. The molecule has 1 amide bonds. The van der Waals surface area contributed by atoms with E-state index in [9.17, 15) is 18.0 Å². The number of halogens is 3. The maximum Gasteiger partial charge on any atom is 0.416 e. The normalized spacial score (nSPS) is 18.5. The second kappa shape index (κ2) is 9.38. The van der Waals surface area contributed by atoms with Gasteiger partial charge in [0.05, 0.1) is 11.1 Å². The van der Waals surface area contributed by atoms with Crippen molar-refractivity contribution in [2.24, 2.45) is 0 Å². The Morgan fingerprint density at radius 2 is 1.71 bits per heavy atom. The molecule has 0 radical (unpaired) electrons. The van der Waals surface area contributed by atoms with Crippen LogP contribution in [0.15, 0.2) is 48.7 Å². The van der Waals surface area contributed by atoms with Crippen molar-refractivity contribution in [3.63, 3.8) is 0 Å². The Bertz CT molecular complexity index is 1140. The van der Waals surface area contributed by atoms with Crippen molar-refractivity contribution in [3.8, 4) is 0 Å². The van der Waals surface area contributed by atoms with Crippen LogP contribution < -0.4 is 5.32 Å². The number of nitrogens with one attached hydrogen (secondary N) is 1. The highest BCUT2D eigenvalue weighted by atomic mass is 19.4. The van der Waals surface area contributed by atoms with Gasteiger partial charge in [0, 0.05) is 38.9 Å². The molecule has 2 aliphatic rings. The lowest BCUT2D eigenvalue weighted by Gasteiger charge is -2.34. The maximum atomic E-state index is 13.1. The number of carbonyl (C=O) groups excluding carboxylic acids is 1. The minimum atomic E-state index is -4.32. The Balaban J connectivity index is 1.19. The number of fused-ring (bicyclic) bond motifs is 1. The summed E-state index contributed by atoms with van der Waals surface area (Å²) in [6, 6.07) is 11.4. The van der Waals surface area contributed by atoms with Gasteiger partial charge in [0.2, 0.25) is 0 Å². The van der Waals surface area contributed by atoms with Crippen LogP contribution in [0.3, 0.4) is 0 Å². The Morgan fingerprint density at radius 3 is 2.38 bits per heavy atom. The lowest BCUT2D eigenvalue weighted by atomic mass is 9.91. The number of aromatic nitrogens is 2. The van der Waals surface area contributed by atoms with Gasteiger partial charge in [0.25, 0.3) is 5.91 Å². The summed E-state index contributed by atoms with van der Waals surface area (Å²) in [4.78, 5) is 17.0. The number of rotatable bonds is 4. The minimum Gasteiger partial charge on any atom is -0.335 e. The molecule has 0 spiro atoms. The number of piperidine rings is 1. The van der Waals surface area contributed by atoms with Crippen LogP contribution in [0.1, 0.15) is 45.9 Å². The monoisotopic (exact) mass is 471 g/mol. The summed E-state index contributed by atoms with van der Waals surface area (Å²) in [6.45, 7) is 5.09. The van der Waals surface area contributed by atoms with Gasteiger partial charge in [-0.15, -0.1) is 0 Å². The van der Waals surface area contributed by atoms with E-state index in [4.69, 9.17) is 0 Å². The number of pyridine rings is 1. The SMILES string of the molecule is O=C(c1cc2cc(C3CCNCC3)ccn2n1)N1CCN(Cc2ccc(C(F)(F)F)cc2)CC1. The van der Waals surface area contributed by atoms with Crippen molar-refractivity contribution >= 4 is 11.4 Å². The summed E-state index contributed by atoms with van der Waals surface area (Å²) >= 11 is 0. The Kier molecular flexibility index (Phi) is 6.31. The standard InChI is InChI=1S/C25H28F3N5O/c26-25(27,28)21-3-1-18(2-4-21)17-31-11-13-32(14-12-31)24(34)23-16-22-15-20(7-10-33(22)30-23)19-5-8-29-9-6-19/h1-4,7,10,15-16,19,29H,5-6,8-9,11-14,17H2. The van der Waals surface area contributed by atoms with Gasteiger partial charge in [0.1, 0.15) is 0 Å². The molecule has 5 rings (SSSR count). The van der Waals surface area contributed by atoms with Crippen molar-refractivity contribution in [2.45, 2.75) is 31.5 Å². The molecule has 6 nitrogen and oxygen atoms in total. The number of amides is 1. The first-order valence-electron chi connectivity index (χ1n) is 11.7. The number of piperazine rings is 1. The summed E-state index contributed by atoms with van der Waals surface area (Å²) in [6.07, 6.45) is -0.150. The van der Waals surface area contributed by atoms with Crippen molar-refractivity contribution in [1.82, 2.24) is 24.7 Å². The van der Waals surface area contributed by atoms with E-state index >= 15 is 0 Å². The van der Waals surface area contributed by atoms with Crippen LogP contribution in [0.5, 0.6) is 0 Å². The fraction of sp³-hybridized carbons (Fsp3) is 0.440. The zero-order chi connectivity index (χ0) is 23.7. The third-order valence-electron chi connectivity index (χ3n) is 6.86. The van der Waals surface area contributed by atoms with Crippen molar-refractivity contribution in [1.29, 1.82) is 0 Å². The smallest absolute Gasteiger partial charge is 0.335 e. The molecule has 34 heavy (non-hydrogen) atoms. The maximum absolute atomic E-state index is 13.1. The summed E-state index contributed by atoms with van der Waals surface area (Å²) in [7, 11) is 0. The first kappa shape index (κ1) is 22.9.